The number of fused-ring (bicyclic) bond motifs is 1. The van der Waals surface area contributed by atoms with Gasteiger partial charge in [-0.05, 0) is 42.5 Å². The predicted octanol–water partition coefficient (Wildman–Crippen LogP) is 4.02. The van der Waals surface area contributed by atoms with Gasteiger partial charge >= 0.3 is 0 Å². The van der Waals surface area contributed by atoms with E-state index in [0.717, 1.165) is 22.7 Å². The first-order chi connectivity index (χ1) is 14.3. The highest BCUT2D eigenvalue weighted by Gasteiger charge is 2.15. The van der Waals surface area contributed by atoms with Crippen molar-refractivity contribution in [2.75, 3.05) is 18.5 Å². The van der Waals surface area contributed by atoms with E-state index in [9.17, 15) is 4.79 Å². The maximum Gasteiger partial charge on any atom is 0.257 e. The van der Waals surface area contributed by atoms with Gasteiger partial charge in [-0.2, -0.15) is 0 Å². The number of ether oxygens (including phenoxy) is 2. The van der Waals surface area contributed by atoms with Crippen LogP contribution in [0.2, 0.25) is 0 Å². The summed E-state index contributed by atoms with van der Waals surface area (Å²) in [4.78, 5) is 21.1. The van der Waals surface area contributed by atoms with E-state index in [1.165, 1.54) is 11.3 Å². The average molecular weight is 404 g/mol. The van der Waals surface area contributed by atoms with Gasteiger partial charge in [-0.15, -0.1) is 11.3 Å². The number of carbonyl (C=O) groups excluding carboxylic acids is 1. The second-order valence-electron chi connectivity index (χ2n) is 6.37. The number of anilines is 1. The Balaban J connectivity index is 1.30. The first kappa shape index (κ1) is 17.4. The van der Waals surface area contributed by atoms with Crippen LogP contribution in [0.5, 0.6) is 11.5 Å². The smallest absolute Gasteiger partial charge is 0.257 e. The number of hydrogen-bond donors (Lipinski definition) is 1. The molecule has 0 spiro atoms. The molecule has 2 aromatic carbocycles. The summed E-state index contributed by atoms with van der Waals surface area (Å²) in [6.07, 6.45) is 5.27. The third-order valence-corrected chi connectivity index (χ3v) is 5.25. The maximum atomic E-state index is 12.5. The van der Waals surface area contributed by atoms with Crippen LogP contribution in [-0.2, 0) is 0 Å². The highest BCUT2D eigenvalue weighted by molar-refractivity contribution is 7.14. The van der Waals surface area contributed by atoms with Crippen molar-refractivity contribution < 1.29 is 14.3 Å². The van der Waals surface area contributed by atoms with Crippen molar-refractivity contribution in [3.8, 4) is 28.4 Å². The molecule has 4 aromatic rings. The Kier molecular flexibility index (Phi) is 4.45. The van der Waals surface area contributed by atoms with Crippen LogP contribution >= 0.6 is 11.3 Å². The summed E-state index contributed by atoms with van der Waals surface area (Å²) in [7, 11) is 0. The Hall–Kier alpha value is -3.65. The molecule has 0 bridgehead atoms. The fourth-order valence-corrected chi connectivity index (χ4v) is 3.75. The molecule has 0 radical (unpaired) electrons. The lowest BCUT2D eigenvalue weighted by atomic mass is 10.1. The van der Waals surface area contributed by atoms with Crippen molar-refractivity contribution in [2.45, 2.75) is 0 Å². The molecule has 1 aliphatic heterocycles. The molecule has 0 saturated carbocycles. The van der Waals surface area contributed by atoms with Crippen LogP contribution in [0, 0.1) is 0 Å². The van der Waals surface area contributed by atoms with Gasteiger partial charge in [0.1, 0.15) is 13.2 Å². The monoisotopic (exact) mass is 404 g/mol. The minimum Gasteiger partial charge on any atom is -0.486 e. The number of benzene rings is 2. The molecular weight excluding hydrogens is 388 g/mol. The summed E-state index contributed by atoms with van der Waals surface area (Å²) in [5.41, 5.74) is 3.19. The first-order valence-electron chi connectivity index (χ1n) is 9.01. The quantitative estimate of drug-likeness (QED) is 0.556. The molecule has 0 atom stereocenters. The number of imidazole rings is 1. The van der Waals surface area contributed by atoms with Crippen molar-refractivity contribution in [1.82, 2.24) is 14.5 Å². The minimum absolute atomic E-state index is 0.203. The van der Waals surface area contributed by atoms with E-state index in [0.29, 0.717) is 29.7 Å². The van der Waals surface area contributed by atoms with Crippen molar-refractivity contribution in [2.24, 2.45) is 0 Å². The number of hydrogen-bond acceptors (Lipinski definition) is 6. The van der Waals surface area contributed by atoms with Crippen LogP contribution in [-0.4, -0.2) is 33.7 Å². The molecule has 0 aliphatic carbocycles. The van der Waals surface area contributed by atoms with E-state index in [4.69, 9.17) is 9.47 Å². The highest BCUT2D eigenvalue weighted by Crippen LogP contribution is 2.35. The van der Waals surface area contributed by atoms with Crippen LogP contribution in [0.1, 0.15) is 10.4 Å². The molecule has 3 heterocycles. The van der Waals surface area contributed by atoms with Gasteiger partial charge in [-0.1, -0.05) is 0 Å². The van der Waals surface area contributed by atoms with Gasteiger partial charge in [-0.25, -0.2) is 9.97 Å². The Labute approximate surface area is 170 Å². The zero-order valence-corrected chi connectivity index (χ0v) is 16.1. The van der Waals surface area contributed by atoms with Crippen LogP contribution < -0.4 is 14.8 Å². The SMILES string of the molecule is O=C(Nc1nc(-c2ccc3c(c2)OCCO3)cs1)c1ccc(-n2ccnc2)cc1. The molecule has 29 heavy (non-hydrogen) atoms. The largest absolute Gasteiger partial charge is 0.486 e. The summed E-state index contributed by atoms with van der Waals surface area (Å²) >= 11 is 1.38. The van der Waals surface area contributed by atoms with Crippen molar-refractivity contribution in [1.29, 1.82) is 0 Å². The number of nitrogens with one attached hydrogen (secondary N) is 1. The van der Waals surface area contributed by atoms with Crippen molar-refractivity contribution >= 4 is 22.4 Å². The third kappa shape index (κ3) is 3.57. The maximum absolute atomic E-state index is 12.5. The fourth-order valence-electron chi connectivity index (χ4n) is 3.03. The highest BCUT2D eigenvalue weighted by atomic mass is 32.1. The summed E-state index contributed by atoms with van der Waals surface area (Å²) in [6, 6.07) is 13.0. The number of amides is 1. The van der Waals surface area contributed by atoms with E-state index in [1.54, 1.807) is 24.7 Å². The average Bonchev–Trinajstić information content (AvgIpc) is 3.46. The van der Waals surface area contributed by atoms with E-state index < -0.39 is 0 Å². The molecule has 144 valence electrons. The van der Waals surface area contributed by atoms with Gasteiger partial charge in [0.2, 0.25) is 0 Å². The van der Waals surface area contributed by atoms with Crippen LogP contribution in [0.4, 0.5) is 5.13 Å². The van der Waals surface area contributed by atoms with E-state index in [-0.39, 0.29) is 5.91 Å². The molecular formula is C21H16N4O3S. The second-order valence-corrected chi connectivity index (χ2v) is 7.23. The van der Waals surface area contributed by atoms with Gasteiger partial charge in [0, 0.05) is 34.6 Å². The van der Waals surface area contributed by atoms with Crippen molar-refractivity contribution in [3.63, 3.8) is 0 Å². The Bertz CT molecular complexity index is 1150. The normalized spacial score (nSPS) is 12.6. The standard InChI is InChI=1S/C21H16N4O3S/c26-20(14-1-4-16(5-2-14)25-8-7-22-13-25)24-21-23-17(12-29-21)15-3-6-18-19(11-15)28-10-9-27-18/h1-8,11-13H,9-10H2,(H,23,24,26). The zero-order valence-electron chi connectivity index (χ0n) is 15.2. The number of carbonyl (C=O) groups is 1. The molecule has 1 aliphatic rings. The molecule has 2 aromatic heterocycles. The van der Waals surface area contributed by atoms with Crippen LogP contribution in [0.25, 0.3) is 16.9 Å². The van der Waals surface area contributed by atoms with Crippen molar-refractivity contribution in [3.05, 3.63) is 72.1 Å². The summed E-state index contributed by atoms with van der Waals surface area (Å²) in [6.45, 7) is 1.09. The van der Waals surface area contributed by atoms with Crippen LogP contribution in [0.3, 0.4) is 0 Å². The van der Waals surface area contributed by atoms with E-state index in [1.807, 2.05) is 46.5 Å². The Morgan fingerprint density at radius 2 is 1.90 bits per heavy atom. The number of aromatic nitrogens is 3. The molecule has 8 heteroatoms. The molecule has 5 rings (SSSR count). The molecule has 0 unspecified atom stereocenters. The third-order valence-electron chi connectivity index (χ3n) is 4.49. The predicted molar refractivity (Wildman–Crippen MR) is 110 cm³/mol. The molecule has 1 N–H and O–H groups in total. The summed E-state index contributed by atoms with van der Waals surface area (Å²) < 4.78 is 13.1. The summed E-state index contributed by atoms with van der Waals surface area (Å²) in [5, 5.41) is 5.30. The lowest BCUT2D eigenvalue weighted by Crippen LogP contribution is -2.15. The second kappa shape index (κ2) is 7.40. The van der Waals surface area contributed by atoms with E-state index >= 15 is 0 Å². The Morgan fingerprint density at radius 3 is 2.69 bits per heavy atom. The number of thiazole rings is 1. The molecule has 1 amide bonds. The number of nitrogens with zero attached hydrogens (tertiary/aromatic N) is 3. The van der Waals surface area contributed by atoms with Gasteiger partial charge in [0.05, 0.1) is 12.0 Å². The summed E-state index contributed by atoms with van der Waals surface area (Å²) in [5.74, 6) is 1.25. The van der Waals surface area contributed by atoms with Gasteiger partial charge in [0.15, 0.2) is 16.6 Å². The van der Waals surface area contributed by atoms with Gasteiger partial charge in [-0.3, -0.25) is 10.1 Å². The molecule has 0 saturated heterocycles. The Morgan fingerprint density at radius 1 is 1.07 bits per heavy atom. The first-order valence-corrected chi connectivity index (χ1v) is 9.89. The lowest BCUT2D eigenvalue weighted by Gasteiger charge is -2.18. The van der Waals surface area contributed by atoms with Crippen LogP contribution in [0.15, 0.2) is 66.6 Å². The topological polar surface area (TPSA) is 78.3 Å². The molecule has 0 fully saturated rings. The minimum atomic E-state index is -0.203. The number of rotatable bonds is 4. The molecule has 7 nitrogen and oxygen atoms in total. The fraction of sp³-hybridized carbons (Fsp3) is 0.0952. The van der Waals surface area contributed by atoms with Gasteiger partial charge < -0.3 is 14.0 Å². The van der Waals surface area contributed by atoms with E-state index in [2.05, 4.69) is 15.3 Å². The lowest BCUT2D eigenvalue weighted by molar-refractivity contribution is 0.102. The van der Waals surface area contributed by atoms with Gasteiger partial charge in [0.25, 0.3) is 5.91 Å². The zero-order chi connectivity index (χ0) is 19.6.